The molecular weight excluding hydrogens is 543 g/mol. The number of amides is 1. The van der Waals surface area contributed by atoms with E-state index in [0.29, 0.717) is 40.3 Å². The fourth-order valence-corrected chi connectivity index (χ4v) is 6.41. The van der Waals surface area contributed by atoms with E-state index in [1.54, 1.807) is 28.8 Å². The van der Waals surface area contributed by atoms with E-state index in [4.69, 9.17) is 11.6 Å². The van der Waals surface area contributed by atoms with Crippen molar-refractivity contribution in [2.45, 2.75) is 31.6 Å². The van der Waals surface area contributed by atoms with Crippen LogP contribution in [0, 0.1) is 12.7 Å². The molecule has 2 aromatic carbocycles. The first-order chi connectivity index (χ1) is 18.7. The summed E-state index contributed by atoms with van der Waals surface area (Å²) in [5, 5.41) is 0.628. The molecule has 0 unspecified atom stereocenters. The monoisotopic (exact) mass is 564 g/mol. The van der Waals surface area contributed by atoms with Gasteiger partial charge >= 0.3 is 0 Å². The third-order valence-electron chi connectivity index (χ3n) is 6.90. The first kappa shape index (κ1) is 25.3. The predicted octanol–water partition coefficient (Wildman–Crippen LogP) is 4.92. The molecular formula is C28H22ClFN4O4S. The molecule has 0 atom stereocenters. The summed E-state index contributed by atoms with van der Waals surface area (Å²) in [5.74, 6) is -1.37. The van der Waals surface area contributed by atoms with Crippen LogP contribution in [0.3, 0.4) is 0 Å². The third kappa shape index (κ3) is 4.39. The van der Waals surface area contributed by atoms with Crippen LogP contribution in [0.5, 0.6) is 0 Å². The van der Waals surface area contributed by atoms with Crippen molar-refractivity contribution in [2.75, 3.05) is 0 Å². The summed E-state index contributed by atoms with van der Waals surface area (Å²) >= 11 is 6.71. The van der Waals surface area contributed by atoms with Gasteiger partial charge in [0.2, 0.25) is 10.0 Å². The summed E-state index contributed by atoms with van der Waals surface area (Å²) in [6.07, 6.45) is 3.87. The highest BCUT2D eigenvalue weighted by molar-refractivity contribution is 7.91. The van der Waals surface area contributed by atoms with E-state index in [2.05, 4.69) is 14.7 Å². The van der Waals surface area contributed by atoms with Crippen molar-refractivity contribution in [3.8, 4) is 11.1 Å². The Labute approximate surface area is 227 Å². The van der Waals surface area contributed by atoms with Crippen LogP contribution in [0.15, 0.2) is 65.7 Å². The molecule has 1 aliphatic carbocycles. The van der Waals surface area contributed by atoms with Crippen molar-refractivity contribution < 1.29 is 17.6 Å². The van der Waals surface area contributed by atoms with Crippen LogP contribution in [0.4, 0.5) is 4.39 Å². The number of pyridine rings is 2. The van der Waals surface area contributed by atoms with E-state index >= 15 is 0 Å². The second-order valence-corrected chi connectivity index (χ2v) is 12.0. The van der Waals surface area contributed by atoms with Gasteiger partial charge in [0, 0.05) is 45.4 Å². The zero-order chi connectivity index (χ0) is 27.5. The number of para-hydroxylation sites is 1. The molecule has 0 aliphatic heterocycles. The number of fused-ring (bicyclic) bond motifs is 2. The number of nitrogens with one attached hydrogen (secondary N) is 2. The van der Waals surface area contributed by atoms with E-state index in [-0.39, 0.29) is 28.3 Å². The van der Waals surface area contributed by atoms with E-state index < -0.39 is 32.6 Å². The molecule has 1 aliphatic rings. The van der Waals surface area contributed by atoms with Crippen LogP contribution < -0.4 is 10.3 Å². The topological polar surface area (TPSA) is 114 Å². The number of carbonyl (C=O) groups is 1. The van der Waals surface area contributed by atoms with E-state index in [1.165, 1.54) is 24.5 Å². The third-order valence-corrected chi connectivity index (χ3v) is 9.17. The summed E-state index contributed by atoms with van der Waals surface area (Å²) in [7, 11) is -3.90. The van der Waals surface area contributed by atoms with Crippen molar-refractivity contribution >= 4 is 49.3 Å². The number of hydrogen-bond donors (Lipinski definition) is 2. The minimum Gasteiger partial charge on any atom is -0.331 e. The summed E-state index contributed by atoms with van der Waals surface area (Å²) < 4.78 is 43.7. The smallest absolute Gasteiger partial charge is 0.282 e. The lowest BCUT2D eigenvalue weighted by Gasteiger charge is -2.14. The van der Waals surface area contributed by atoms with Crippen LogP contribution in [-0.4, -0.2) is 34.1 Å². The highest BCUT2D eigenvalue weighted by atomic mass is 35.5. The van der Waals surface area contributed by atoms with Gasteiger partial charge in [-0.3, -0.25) is 14.6 Å². The molecule has 6 rings (SSSR count). The Morgan fingerprint density at radius 1 is 1.18 bits per heavy atom. The Balaban J connectivity index is 1.62. The zero-order valence-electron chi connectivity index (χ0n) is 20.7. The minimum absolute atomic E-state index is 0.00747. The van der Waals surface area contributed by atoms with Gasteiger partial charge < -0.3 is 9.55 Å². The molecule has 0 spiro atoms. The van der Waals surface area contributed by atoms with Crippen LogP contribution in [0.1, 0.15) is 34.5 Å². The number of aromatic nitrogens is 3. The standard InChI is InChI=1S/C28H22ClFN4O4S/c1-15-7-10-22-20(12-15)23(18-5-3-11-31-27(18)35)26(28(36)33-39(37,38)17-8-9-17)34(22)14-16-13-32-25-19(24(16)29)4-2-6-21(25)30/h2-7,10-13,17H,8-9,14H2,1H3,(H,31,35)(H,33,36). The largest absolute Gasteiger partial charge is 0.331 e. The minimum atomic E-state index is -3.90. The van der Waals surface area contributed by atoms with Crippen molar-refractivity contribution in [1.29, 1.82) is 0 Å². The predicted molar refractivity (Wildman–Crippen MR) is 148 cm³/mol. The molecule has 0 bridgehead atoms. The number of carbonyl (C=O) groups excluding carboxylic acids is 1. The molecule has 5 aromatic rings. The number of aryl methyl sites for hydroxylation is 1. The van der Waals surface area contributed by atoms with E-state index in [0.717, 1.165) is 5.56 Å². The normalized spacial score (nSPS) is 13.7. The number of aromatic amines is 1. The SMILES string of the molecule is Cc1ccc2c(c1)c(-c1ccc[nH]c1=O)c(C(=O)NS(=O)(=O)C1CC1)n2Cc1cnc2c(F)cccc2c1Cl. The van der Waals surface area contributed by atoms with Crippen molar-refractivity contribution in [1.82, 2.24) is 19.3 Å². The molecule has 1 saturated carbocycles. The summed E-state index contributed by atoms with van der Waals surface area (Å²) in [6, 6.07) is 13.2. The van der Waals surface area contributed by atoms with Crippen LogP contribution in [0.2, 0.25) is 5.02 Å². The van der Waals surface area contributed by atoms with Gasteiger partial charge in [-0.1, -0.05) is 35.4 Å². The van der Waals surface area contributed by atoms with Gasteiger partial charge in [0.15, 0.2) is 0 Å². The number of sulfonamides is 1. The highest BCUT2D eigenvalue weighted by Crippen LogP contribution is 2.37. The molecule has 0 radical (unpaired) electrons. The Bertz CT molecular complexity index is 1980. The molecule has 1 amide bonds. The molecule has 39 heavy (non-hydrogen) atoms. The van der Waals surface area contributed by atoms with Gasteiger partial charge in [-0.25, -0.2) is 17.5 Å². The first-order valence-corrected chi connectivity index (χ1v) is 14.2. The lowest BCUT2D eigenvalue weighted by atomic mass is 10.0. The maximum absolute atomic E-state index is 14.3. The average Bonchev–Trinajstić information content (AvgIpc) is 3.71. The van der Waals surface area contributed by atoms with Crippen LogP contribution >= 0.6 is 11.6 Å². The Morgan fingerprint density at radius 2 is 1.97 bits per heavy atom. The number of rotatable bonds is 6. The molecule has 1 fully saturated rings. The van der Waals surface area contributed by atoms with Gasteiger partial charge in [-0.15, -0.1) is 0 Å². The first-order valence-electron chi connectivity index (χ1n) is 12.2. The highest BCUT2D eigenvalue weighted by Gasteiger charge is 2.38. The van der Waals surface area contributed by atoms with Crippen molar-refractivity contribution in [2.24, 2.45) is 0 Å². The maximum Gasteiger partial charge on any atom is 0.282 e. The second kappa shape index (κ2) is 9.32. The lowest BCUT2D eigenvalue weighted by Crippen LogP contribution is -2.35. The molecule has 11 heteroatoms. The van der Waals surface area contributed by atoms with Gasteiger partial charge in [0.25, 0.3) is 11.5 Å². The van der Waals surface area contributed by atoms with Crippen LogP contribution in [-0.2, 0) is 16.6 Å². The fourth-order valence-electron chi connectivity index (χ4n) is 4.88. The van der Waals surface area contributed by atoms with E-state index in [1.807, 2.05) is 19.1 Å². The average molecular weight is 565 g/mol. The second-order valence-electron chi connectivity index (χ2n) is 9.65. The molecule has 3 aromatic heterocycles. The summed E-state index contributed by atoms with van der Waals surface area (Å²) in [5.41, 5.74) is 2.14. The lowest BCUT2D eigenvalue weighted by molar-refractivity contribution is 0.0974. The maximum atomic E-state index is 14.3. The molecule has 198 valence electrons. The van der Waals surface area contributed by atoms with Crippen molar-refractivity contribution in [3.05, 3.63) is 98.9 Å². The zero-order valence-corrected chi connectivity index (χ0v) is 22.2. The Kier molecular flexibility index (Phi) is 6.04. The molecule has 2 N–H and O–H groups in total. The number of halogens is 2. The number of H-pyrrole nitrogens is 1. The molecule has 0 saturated heterocycles. The molecule has 3 heterocycles. The van der Waals surface area contributed by atoms with E-state index in [9.17, 15) is 22.4 Å². The number of hydrogen-bond acceptors (Lipinski definition) is 5. The Hall–Kier alpha value is -4.02. The van der Waals surface area contributed by atoms with Gasteiger partial charge in [0.1, 0.15) is 17.0 Å². The van der Waals surface area contributed by atoms with Crippen molar-refractivity contribution in [3.63, 3.8) is 0 Å². The molecule has 8 nitrogen and oxygen atoms in total. The quantitative estimate of drug-likeness (QED) is 0.304. The fraction of sp³-hybridized carbons (Fsp3) is 0.179. The Morgan fingerprint density at radius 3 is 2.72 bits per heavy atom. The number of nitrogens with zero attached hydrogens (tertiary/aromatic N) is 2. The van der Waals surface area contributed by atoms with Gasteiger partial charge in [-0.2, -0.15) is 0 Å². The summed E-state index contributed by atoms with van der Waals surface area (Å²) in [4.78, 5) is 33.6. The van der Waals surface area contributed by atoms with Gasteiger partial charge in [0.05, 0.1) is 16.8 Å². The number of benzene rings is 2. The summed E-state index contributed by atoms with van der Waals surface area (Å²) in [6.45, 7) is 1.89. The van der Waals surface area contributed by atoms with Gasteiger partial charge in [-0.05, 0) is 50.1 Å². The van der Waals surface area contributed by atoms with Crippen LogP contribution in [0.25, 0.3) is 32.9 Å².